The van der Waals surface area contributed by atoms with Crippen LogP contribution in [0.1, 0.15) is 5.56 Å². The fourth-order valence-electron chi connectivity index (χ4n) is 1.46. The number of carbonyl (C=O) groups is 1. The predicted octanol–water partition coefficient (Wildman–Crippen LogP) is 1.93. The van der Waals surface area contributed by atoms with Gasteiger partial charge in [0.2, 0.25) is 0 Å². The van der Waals surface area contributed by atoms with Gasteiger partial charge in [0.05, 0.1) is 0 Å². The molecule has 1 aliphatic heterocycles. The Morgan fingerprint density at radius 1 is 1.29 bits per heavy atom. The Kier molecular flexibility index (Phi) is 3.35. The number of hydrogen-bond donors (Lipinski definition) is 1. The summed E-state index contributed by atoms with van der Waals surface area (Å²) in [5.74, 6) is -0.104. The molecule has 2 rings (SSSR count). The van der Waals surface area contributed by atoms with Gasteiger partial charge >= 0.3 is 0 Å². The van der Waals surface area contributed by atoms with Crippen molar-refractivity contribution in [3.8, 4) is 0 Å². The Morgan fingerprint density at radius 2 is 2.00 bits per heavy atom. The molecular weight excluding hydrogens is 232 g/mol. The molecule has 17 heavy (non-hydrogen) atoms. The second-order valence-electron chi connectivity index (χ2n) is 3.64. The van der Waals surface area contributed by atoms with Gasteiger partial charge in [0.25, 0.3) is 5.91 Å². The van der Waals surface area contributed by atoms with Gasteiger partial charge in [-0.2, -0.15) is 0 Å². The SMILES string of the molecule is CN1C(=O)C(=CC=Cc2ccccc2)NC1=S. The van der Waals surface area contributed by atoms with Gasteiger partial charge < -0.3 is 5.32 Å². The van der Waals surface area contributed by atoms with Crippen LogP contribution in [0.15, 0.2) is 48.2 Å². The second kappa shape index (κ2) is 4.93. The van der Waals surface area contributed by atoms with E-state index in [-0.39, 0.29) is 5.91 Å². The molecule has 0 atom stereocenters. The summed E-state index contributed by atoms with van der Waals surface area (Å²) < 4.78 is 0. The third-order valence-electron chi connectivity index (χ3n) is 2.43. The number of benzene rings is 1. The number of hydrogen-bond acceptors (Lipinski definition) is 2. The molecule has 3 nitrogen and oxygen atoms in total. The van der Waals surface area contributed by atoms with Gasteiger partial charge in [-0.05, 0) is 23.9 Å². The summed E-state index contributed by atoms with van der Waals surface area (Å²) in [6, 6.07) is 9.89. The monoisotopic (exact) mass is 244 g/mol. The van der Waals surface area contributed by atoms with Crippen molar-refractivity contribution in [3.05, 3.63) is 53.7 Å². The van der Waals surface area contributed by atoms with Crippen LogP contribution in [0.4, 0.5) is 0 Å². The average Bonchev–Trinajstić information content (AvgIpc) is 2.59. The average molecular weight is 244 g/mol. The van der Waals surface area contributed by atoms with Gasteiger partial charge in [0.1, 0.15) is 5.70 Å². The molecule has 1 heterocycles. The minimum atomic E-state index is -0.104. The molecule has 0 aliphatic carbocycles. The molecule has 4 heteroatoms. The van der Waals surface area contributed by atoms with Gasteiger partial charge in [-0.15, -0.1) is 0 Å². The summed E-state index contributed by atoms with van der Waals surface area (Å²) in [5.41, 5.74) is 1.59. The zero-order valence-corrected chi connectivity index (χ0v) is 10.2. The molecule has 0 aromatic heterocycles. The van der Waals surface area contributed by atoms with Gasteiger partial charge in [0.15, 0.2) is 5.11 Å². The van der Waals surface area contributed by atoms with Crippen molar-refractivity contribution in [2.24, 2.45) is 0 Å². The van der Waals surface area contributed by atoms with E-state index in [0.29, 0.717) is 10.8 Å². The Morgan fingerprint density at radius 3 is 2.59 bits per heavy atom. The molecule has 0 saturated carbocycles. The van der Waals surface area contributed by atoms with E-state index in [1.165, 1.54) is 4.90 Å². The van der Waals surface area contributed by atoms with Gasteiger partial charge in [-0.25, -0.2) is 0 Å². The lowest BCUT2D eigenvalue weighted by Gasteiger charge is -2.02. The largest absolute Gasteiger partial charge is 0.328 e. The molecule has 1 aliphatic rings. The van der Waals surface area contributed by atoms with E-state index in [1.54, 1.807) is 13.1 Å². The topological polar surface area (TPSA) is 32.3 Å². The summed E-state index contributed by atoms with van der Waals surface area (Å²) in [5, 5.41) is 3.30. The van der Waals surface area contributed by atoms with Crippen LogP contribution in [0.5, 0.6) is 0 Å². The Bertz CT molecular complexity index is 505. The van der Waals surface area contributed by atoms with Crippen molar-refractivity contribution in [3.63, 3.8) is 0 Å². The molecule has 1 amide bonds. The predicted molar refractivity (Wildman–Crippen MR) is 72.1 cm³/mol. The van der Waals surface area contributed by atoms with Crippen LogP contribution < -0.4 is 5.32 Å². The van der Waals surface area contributed by atoms with E-state index < -0.39 is 0 Å². The van der Waals surface area contributed by atoms with Crippen LogP contribution in [0.25, 0.3) is 6.08 Å². The van der Waals surface area contributed by atoms with Crippen LogP contribution in [-0.4, -0.2) is 23.0 Å². The molecule has 0 unspecified atom stereocenters. The van der Waals surface area contributed by atoms with Crippen molar-refractivity contribution in [1.82, 2.24) is 10.2 Å². The van der Waals surface area contributed by atoms with Crippen molar-refractivity contribution in [2.75, 3.05) is 7.05 Å². The molecule has 86 valence electrons. The highest BCUT2D eigenvalue weighted by Gasteiger charge is 2.26. The third kappa shape index (κ3) is 2.60. The zero-order valence-electron chi connectivity index (χ0n) is 9.38. The number of allylic oxidation sites excluding steroid dienone is 2. The van der Waals surface area contributed by atoms with Crippen molar-refractivity contribution in [2.45, 2.75) is 0 Å². The summed E-state index contributed by atoms with van der Waals surface area (Å²) >= 11 is 4.97. The Labute approximate surface area is 105 Å². The fourth-order valence-corrected chi connectivity index (χ4v) is 1.65. The van der Waals surface area contributed by atoms with Gasteiger partial charge in [-0.1, -0.05) is 42.5 Å². The first kappa shape index (κ1) is 11.5. The fraction of sp³-hybridized carbons (Fsp3) is 0.0769. The standard InChI is InChI=1S/C13H12N2OS/c1-15-12(16)11(14-13(15)17)9-5-8-10-6-3-2-4-7-10/h2-9H,1H3,(H,14,17). The Hall–Kier alpha value is -1.94. The molecule has 1 N–H and O–H groups in total. The first-order valence-electron chi connectivity index (χ1n) is 5.21. The van der Waals surface area contributed by atoms with E-state index in [2.05, 4.69) is 5.32 Å². The molecule has 1 saturated heterocycles. The Balaban J connectivity index is 2.10. The number of thiocarbonyl (C=S) groups is 1. The number of amides is 1. The maximum absolute atomic E-state index is 11.6. The molecule has 1 fully saturated rings. The first-order chi connectivity index (χ1) is 8.18. The lowest BCUT2D eigenvalue weighted by atomic mass is 10.2. The first-order valence-corrected chi connectivity index (χ1v) is 5.62. The van der Waals surface area contributed by atoms with Crippen molar-refractivity contribution < 1.29 is 4.79 Å². The van der Waals surface area contributed by atoms with E-state index >= 15 is 0 Å². The van der Waals surface area contributed by atoms with Crippen LogP contribution in [0.3, 0.4) is 0 Å². The second-order valence-corrected chi connectivity index (χ2v) is 4.03. The molecule has 1 aromatic rings. The van der Waals surface area contributed by atoms with Gasteiger partial charge in [-0.3, -0.25) is 9.69 Å². The number of likely N-dealkylation sites (N-methyl/N-ethyl adjacent to an activating group) is 1. The number of nitrogens with zero attached hydrogens (tertiary/aromatic N) is 1. The highest BCUT2D eigenvalue weighted by molar-refractivity contribution is 7.80. The minimum Gasteiger partial charge on any atom is -0.328 e. The van der Waals surface area contributed by atoms with Gasteiger partial charge in [0, 0.05) is 7.05 Å². The summed E-state index contributed by atoms with van der Waals surface area (Å²) in [6.07, 6.45) is 5.49. The summed E-state index contributed by atoms with van der Waals surface area (Å²) in [4.78, 5) is 13.0. The van der Waals surface area contributed by atoms with E-state index in [0.717, 1.165) is 5.56 Å². The lowest BCUT2D eigenvalue weighted by molar-refractivity contribution is -0.121. The van der Waals surface area contributed by atoms with Crippen LogP contribution in [0.2, 0.25) is 0 Å². The molecule has 0 spiro atoms. The summed E-state index contributed by atoms with van der Waals surface area (Å²) in [6.45, 7) is 0. The zero-order chi connectivity index (χ0) is 12.3. The third-order valence-corrected chi connectivity index (χ3v) is 2.81. The maximum Gasteiger partial charge on any atom is 0.276 e. The normalized spacial score (nSPS) is 18.2. The quantitative estimate of drug-likeness (QED) is 0.637. The lowest BCUT2D eigenvalue weighted by Crippen LogP contribution is -2.25. The minimum absolute atomic E-state index is 0.104. The van der Waals surface area contributed by atoms with Crippen LogP contribution in [0, 0.1) is 0 Å². The van der Waals surface area contributed by atoms with Crippen LogP contribution >= 0.6 is 12.2 Å². The van der Waals surface area contributed by atoms with E-state index in [9.17, 15) is 4.79 Å². The smallest absolute Gasteiger partial charge is 0.276 e. The molecule has 1 aromatic carbocycles. The molecule has 0 radical (unpaired) electrons. The molecule has 0 bridgehead atoms. The molecular formula is C13H12N2OS. The number of nitrogens with one attached hydrogen (secondary N) is 1. The van der Waals surface area contributed by atoms with E-state index in [4.69, 9.17) is 12.2 Å². The highest BCUT2D eigenvalue weighted by Crippen LogP contribution is 2.08. The summed E-state index contributed by atoms with van der Waals surface area (Å²) in [7, 11) is 1.65. The number of rotatable bonds is 2. The maximum atomic E-state index is 11.6. The van der Waals surface area contributed by atoms with Crippen molar-refractivity contribution in [1.29, 1.82) is 0 Å². The van der Waals surface area contributed by atoms with E-state index in [1.807, 2.05) is 42.5 Å². The highest BCUT2D eigenvalue weighted by atomic mass is 32.1. The van der Waals surface area contributed by atoms with Crippen LogP contribution in [-0.2, 0) is 4.79 Å². The van der Waals surface area contributed by atoms with Crippen molar-refractivity contribution >= 4 is 29.3 Å². The number of carbonyl (C=O) groups excluding carboxylic acids is 1.